The highest BCUT2D eigenvalue weighted by Gasteiger charge is 2.42. The molecule has 2 aromatic rings. The van der Waals surface area contributed by atoms with E-state index in [1.54, 1.807) is 12.1 Å². The number of anilines is 2. The van der Waals surface area contributed by atoms with Gasteiger partial charge >= 0.3 is 0 Å². The van der Waals surface area contributed by atoms with Crippen LogP contribution in [0.2, 0.25) is 5.02 Å². The summed E-state index contributed by atoms with van der Waals surface area (Å²) in [5.41, 5.74) is 2.53. The molecule has 0 aliphatic carbocycles. The minimum absolute atomic E-state index is 0.0295. The monoisotopic (exact) mass is 564 g/mol. The molecule has 0 saturated carbocycles. The van der Waals surface area contributed by atoms with E-state index in [1.807, 2.05) is 37.3 Å². The van der Waals surface area contributed by atoms with E-state index in [0.717, 1.165) is 22.1 Å². The summed E-state index contributed by atoms with van der Waals surface area (Å²) in [7, 11) is 0. The minimum atomic E-state index is -1.04. The van der Waals surface area contributed by atoms with Gasteiger partial charge in [0.15, 0.2) is 0 Å². The number of imide groups is 2. The van der Waals surface area contributed by atoms with Crippen LogP contribution in [0.25, 0.3) is 0 Å². The van der Waals surface area contributed by atoms with Crippen LogP contribution in [0, 0.1) is 6.92 Å². The molecule has 40 heavy (non-hydrogen) atoms. The molecule has 0 bridgehead atoms. The van der Waals surface area contributed by atoms with E-state index >= 15 is 0 Å². The molecule has 5 rings (SSSR count). The van der Waals surface area contributed by atoms with Crippen LogP contribution in [-0.2, 0) is 34.1 Å². The fourth-order valence-electron chi connectivity index (χ4n) is 5.39. The van der Waals surface area contributed by atoms with E-state index in [2.05, 4.69) is 16.0 Å². The predicted molar refractivity (Wildman–Crippen MR) is 147 cm³/mol. The molecular weight excluding hydrogens is 536 g/mol. The second-order valence-corrected chi connectivity index (χ2v) is 10.7. The van der Waals surface area contributed by atoms with Gasteiger partial charge in [-0.2, -0.15) is 0 Å². The highest BCUT2D eigenvalue weighted by molar-refractivity contribution is 6.31. The lowest BCUT2D eigenvalue weighted by molar-refractivity contribution is -0.149. The SMILES string of the molecule is Cc1ccc(NC(=O)CC2(c3cccc(NC4=CC(=O)N(C5CCC(=O)NC5=O)C4=O)c3)CCOCC2)cc1Cl. The molecule has 2 fully saturated rings. The van der Waals surface area contributed by atoms with Crippen LogP contribution in [0.5, 0.6) is 0 Å². The summed E-state index contributed by atoms with van der Waals surface area (Å²) in [4.78, 5) is 63.5. The average Bonchev–Trinajstić information content (AvgIpc) is 3.19. The maximum atomic E-state index is 13.2. The maximum absolute atomic E-state index is 13.2. The van der Waals surface area contributed by atoms with Crippen LogP contribution in [0.4, 0.5) is 11.4 Å². The molecular formula is C29H29ClN4O6. The topological polar surface area (TPSA) is 134 Å². The lowest BCUT2D eigenvalue weighted by Crippen LogP contribution is -2.54. The van der Waals surface area contributed by atoms with E-state index in [-0.39, 0.29) is 30.9 Å². The fraction of sp³-hybridized carbons (Fsp3) is 0.345. The van der Waals surface area contributed by atoms with Crippen molar-refractivity contribution in [1.82, 2.24) is 10.2 Å². The lowest BCUT2D eigenvalue weighted by Gasteiger charge is -2.37. The van der Waals surface area contributed by atoms with Gasteiger partial charge in [-0.3, -0.25) is 34.2 Å². The Balaban J connectivity index is 1.33. The fourth-order valence-corrected chi connectivity index (χ4v) is 5.57. The van der Waals surface area contributed by atoms with Crippen molar-refractivity contribution >= 4 is 52.5 Å². The molecule has 11 heteroatoms. The van der Waals surface area contributed by atoms with Crippen LogP contribution < -0.4 is 16.0 Å². The minimum Gasteiger partial charge on any atom is -0.381 e. The Kier molecular flexibility index (Phi) is 7.73. The largest absolute Gasteiger partial charge is 0.381 e. The number of carbonyl (C=O) groups excluding carboxylic acids is 5. The first-order chi connectivity index (χ1) is 19.1. The van der Waals surface area contributed by atoms with Crippen molar-refractivity contribution in [3.63, 3.8) is 0 Å². The van der Waals surface area contributed by atoms with Crippen molar-refractivity contribution in [2.24, 2.45) is 0 Å². The zero-order chi connectivity index (χ0) is 28.4. The van der Waals surface area contributed by atoms with Gasteiger partial charge in [0.05, 0.1) is 0 Å². The van der Waals surface area contributed by atoms with Gasteiger partial charge in [-0.05, 0) is 61.6 Å². The number of nitrogens with one attached hydrogen (secondary N) is 3. The number of hydrogen-bond acceptors (Lipinski definition) is 7. The van der Waals surface area contributed by atoms with Gasteiger partial charge in [0.25, 0.3) is 11.8 Å². The molecule has 1 unspecified atom stereocenters. The molecule has 208 valence electrons. The maximum Gasteiger partial charge on any atom is 0.278 e. The van der Waals surface area contributed by atoms with Crippen LogP contribution in [0.3, 0.4) is 0 Å². The number of ether oxygens (including phenoxy) is 1. The second-order valence-electron chi connectivity index (χ2n) is 10.3. The van der Waals surface area contributed by atoms with E-state index < -0.39 is 35.1 Å². The van der Waals surface area contributed by atoms with Gasteiger partial charge < -0.3 is 15.4 Å². The number of rotatable bonds is 7. The Morgan fingerprint density at radius 1 is 1.10 bits per heavy atom. The van der Waals surface area contributed by atoms with Crippen LogP contribution in [0.1, 0.15) is 43.2 Å². The molecule has 2 aromatic carbocycles. The third-order valence-corrected chi connectivity index (χ3v) is 8.04. The zero-order valence-electron chi connectivity index (χ0n) is 21.9. The van der Waals surface area contributed by atoms with Crippen molar-refractivity contribution in [3.8, 4) is 0 Å². The number of halogens is 1. The normalized spacial score (nSPS) is 20.7. The van der Waals surface area contributed by atoms with E-state index in [9.17, 15) is 24.0 Å². The van der Waals surface area contributed by atoms with Crippen molar-refractivity contribution in [2.45, 2.75) is 50.5 Å². The quantitative estimate of drug-likeness (QED) is 0.440. The number of carbonyl (C=O) groups is 5. The number of benzene rings is 2. The third-order valence-electron chi connectivity index (χ3n) is 7.63. The Morgan fingerprint density at radius 3 is 2.60 bits per heavy atom. The number of amides is 5. The summed E-state index contributed by atoms with van der Waals surface area (Å²) >= 11 is 6.22. The molecule has 0 aromatic heterocycles. The number of nitrogens with zero attached hydrogens (tertiary/aromatic N) is 1. The zero-order valence-corrected chi connectivity index (χ0v) is 22.7. The first-order valence-corrected chi connectivity index (χ1v) is 13.5. The Labute approximate surface area is 236 Å². The Morgan fingerprint density at radius 2 is 1.88 bits per heavy atom. The molecule has 1 atom stereocenters. The number of piperidine rings is 1. The summed E-state index contributed by atoms with van der Waals surface area (Å²) in [6.45, 7) is 2.89. The molecule has 10 nitrogen and oxygen atoms in total. The molecule has 3 N–H and O–H groups in total. The summed E-state index contributed by atoms with van der Waals surface area (Å²) in [5.74, 6) is -2.50. The Bertz CT molecular complexity index is 1430. The van der Waals surface area contributed by atoms with E-state index in [0.29, 0.717) is 42.5 Å². The lowest BCUT2D eigenvalue weighted by atomic mass is 9.71. The third kappa shape index (κ3) is 5.64. The van der Waals surface area contributed by atoms with Crippen molar-refractivity contribution in [1.29, 1.82) is 0 Å². The van der Waals surface area contributed by atoms with Gasteiger partial charge in [0.2, 0.25) is 17.7 Å². The van der Waals surface area contributed by atoms with E-state index in [4.69, 9.17) is 16.3 Å². The highest BCUT2D eigenvalue weighted by atomic mass is 35.5. The van der Waals surface area contributed by atoms with Gasteiger partial charge in [-0.1, -0.05) is 29.8 Å². The summed E-state index contributed by atoms with van der Waals surface area (Å²) < 4.78 is 5.61. The molecule has 3 aliphatic rings. The van der Waals surface area contributed by atoms with Crippen LogP contribution in [-0.4, -0.2) is 53.7 Å². The van der Waals surface area contributed by atoms with Crippen molar-refractivity contribution in [3.05, 3.63) is 70.4 Å². The van der Waals surface area contributed by atoms with Gasteiger partial charge in [-0.25, -0.2) is 0 Å². The summed E-state index contributed by atoms with van der Waals surface area (Å²) in [6, 6.07) is 11.7. The smallest absolute Gasteiger partial charge is 0.278 e. The predicted octanol–water partition coefficient (Wildman–Crippen LogP) is 3.20. The molecule has 3 aliphatic heterocycles. The van der Waals surface area contributed by atoms with Crippen LogP contribution in [0.15, 0.2) is 54.2 Å². The number of hydrogen-bond donors (Lipinski definition) is 3. The van der Waals surface area contributed by atoms with Crippen molar-refractivity contribution < 1.29 is 28.7 Å². The van der Waals surface area contributed by atoms with Gasteiger partial charge in [0.1, 0.15) is 11.7 Å². The molecule has 5 amide bonds. The Hall–Kier alpha value is -4.02. The average molecular weight is 565 g/mol. The molecule has 0 radical (unpaired) electrons. The van der Waals surface area contributed by atoms with Crippen LogP contribution >= 0.6 is 11.6 Å². The first kappa shape index (κ1) is 27.5. The molecule has 2 saturated heterocycles. The van der Waals surface area contributed by atoms with Gasteiger partial charge in [0, 0.05) is 53.9 Å². The molecule has 0 spiro atoms. The number of aryl methyl sites for hydroxylation is 1. The first-order valence-electron chi connectivity index (χ1n) is 13.1. The highest BCUT2D eigenvalue weighted by Crippen LogP contribution is 2.39. The molecule has 3 heterocycles. The second kappa shape index (κ2) is 11.2. The van der Waals surface area contributed by atoms with Gasteiger partial charge in [-0.15, -0.1) is 0 Å². The summed E-state index contributed by atoms with van der Waals surface area (Å²) in [5, 5.41) is 8.72. The standard InChI is InChI=1S/C29H29ClN4O6/c1-17-5-6-20(14-21(17)30)32-25(36)16-29(9-11-40-12-10-29)18-3-2-4-19(13-18)31-22-15-26(37)34(28(22)39)23-7-8-24(35)33-27(23)38/h2-6,13-15,23,31H,7-12,16H2,1H3,(H,32,36)(H,33,35,38). The summed E-state index contributed by atoms with van der Waals surface area (Å²) in [6.07, 6.45) is 2.76. The van der Waals surface area contributed by atoms with E-state index in [1.165, 1.54) is 0 Å². The van der Waals surface area contributed by atoms with Crippen molar-refractivity contribution in [2.75, 3.05) is 23.8 Å².